The zero-order chi connectivity index (χ0) is 12.5. The lowest BCUT2D eigenvalue weighted by atomic mass is 10.0. The molecular weight excluding hydrogens is 228 g/mol. The third kappa shape index (κ3) is 1.75. The quantitative estimate of drug-likeness (QED) is 0.872. The third-order valence-electron chi connectivity index (χ3n) is 3.28. The molecular formula is C14H14N2O2. The first-order valence-electron chi connectivity index (χ1n) is 5.94. The molecule has 1 atom stereocenters. The first kappa shape index (κ1) is 11.2. The maximum atomic E-state index is 9.13. The summed E-state index contributed by atoms with van der Waals surface area (Å²) in [5, 5.41) is 9.13. The summed E-state index contributed by atoms with van der Waals surface area (Å²) in [7, 11) is 0. The number of hydrogen-bond donors (Lipinski definition) is 1. The van der Waals surface area contributed by atoms with Crippen molar-refractivity contribution in [3.05, 3.63) is 53.1 Å². The van der Waals surface area contributed by atoms with Crippen LogP contribution in [0.4, 0.5) is 0 Å². The van der Waals surface area contributed by atoms with Gasteiger partial charge in [0.25, 0.3) is 0 Å². The van der Waals surface area contributed by atoms with Crippen molar-refractivity contribution in [2.45, 2.75) is 19.4 Å². The van der Waals surface area contributed by atoms with Crippen LogP contribution in [0, 0.1) is 6.92 Å². The van der Waals surface area contributed by atoms with E-state index < -0.39 is 0 Å². The van der Waals surface area contributed by atoms with Crippen LogP contribution in [-0.2, 0) is 6.61 Å². The van der Waals surface area contributed by atoms with Gasteiger partial charge in [0, 0.05) is 23.0 Å². The molecule has 92 valence electrons. The molecule has 0 aliphatic carbocycles. The van der Waals surface area contributed by atoms with E-state index in [9.17, 15) is 0 Å². The van der Waals surface area contributed by atoms with Gasteiger partial charge in [0.15, 0.2) is 0 Å². The summed E-state index contributed by atoms with van der Waals surface area (Å²) in [5.74, 6) is 1.76. The lowest BCUT2D eigenvalue weighted by Crippen LogP contribution is -2.09. The summed E-state index contributed by atoms with van der Waals surface area (Å²) < 4.78 is 5.63. The SMILES string of the molecule is Cc1nc(C2COc3ccccc32)ncc1CO. The summed E-state index contributed by atoms with van der Waals surface area (Å²) in [6.07, 6.45) is 1.69. The Bertz CT molecular complexity index is 584. The number of aliphatic hydroxyl groups excluding tert-OH is 1. The van der Waals surface area contributed by atoms with Crippen molar-refractivity contribution in [2.24, 2.45) is 0 Å². The fourth-order valence-electron chi connectivity index (χ4n) is 2.21. The molecule has 0 saturated heterocycles. The van der Waals surface area contributed by atoms with Crippen molar-refractivity contribution in [3.8, 4) is 5.75 Å². The van der Waals surface area contributed by atoms with E-state index >= 15 is 0 Å². The molecule has 3 rings (SSSR count). The average molecular weight is 242 g/mol. The molecule has 4 nitrogen and oxygen atoms in total. The van der Waals surface area contributed by atoms with Gasteiger partial charge in [0.05, 0.1) is 12.5 Å². The number of rotatable bonds is 2. The van der Waals surface area contributed by atoms with Gasteiger partial charge < -0.3 is 9.84 Å². The second-order valence-corrected chi connectivity index (χ2v) is 4.40. The Balaban J connectivity index is 2.00. The van der Waals surface area contributed by atoms with E-state index in [4.69, 9.17) is 9.84 Å². The van der Waals surface area contributed by atoms with Gasteiger partial charge in [-0.3, -0.25) is 0 Å². The number of para-hydroxylation sites is 1. The highest BCUT2D eigenvalue weighted by Gasteiger charge is 2.27. The molecule has 1 unspecified atom stereocenters. The highest BCUT2D eigenvalue weighted by atomic mass is 16.5. The second-order valence-electron chi connectivity index (χ2n) is 4.40. The number of hydrogen-bond acceptors (Lipinski definition) is 4. The Morgan fingerprint density at radius 2 is 2.22 bits per heavy atom. The fourth-order valence-corrected chi connectivity index (χ4v) is 2.21. The number of aliphatic hydroxyl groups is 1. The van der Waals surface area contributed by atoms with Crippen LogP contribution >= 0.6 is 0 Å². The molecule has 1 aliphatic heterocycles. The van der Waals surface area contributed by atoms with E-state index in [0.717, 1.165) is 28.4 Å². The minimum atomic E-state index is -0.0239. The van der Waals surface area contributed by atoms with Crippen LogP contribution in [0.25, 0.3) is 0 Å². The summed E-state index contributed by atoms with van der Waals surface area (Å²) >= 11 is 0. The van der Waals surface area contributed by atoms with Gasteiger partial charge in [-0.2, -0.15) is 0 Å². The monoisotopic (exact) mass is 242 g/mol. The Morgan fingerprint density at radius 1 is 1.39 bits per heavy atom. The molecule has 0 spiro atoms. The zero-order valence-corrected chi connectivity index (χ0v) is 10.1. The van der Waals surface area contributed by atoms with Gasteiger partial charge in [-0.15, -0.1) is 0 Å². The van der Waals surface area contributed by atoms with Crippen molar-refractivity contribution in [3.63, 3.8) is 0 Å². The second kappa shape index (κ2) is 4.38. The maximum Gasteiger partial charge on any atom is 0.139 e. The Morgan fingerprint density at radius 3 is 3.00 bits per heavy atom. The summed E-state index contributed by atoms with van der Waals surface area (Å²) in [5.41, 5.74) is 2.73. The number of fused-ring (bicyclic) bond motifs is 1. The minimum absolute atomic E-state index is 0.0239. The van der Waals surface area contributed by atoms with Crippen LogP contribution in [0.15, 0.2) is 30.5 Å². The van der Waals surface area contributed by atoms with E-state index in [1.54, 1.807) is 6.20 Å². The third-order valence-corrected chi connectivity index (χ3v) is 3.28. The molecule has 0 radical (unpaired) electrons. The van der Waals surface area contributed by atoms with Gasteiger partial charge in [0.2, 0.25) is 0 Å². The lowest BCUT2D eigenvalue weighted by molar-refractivity contribution is 0.279. The molecule has 0 bridgehead atoms. The predicted octanol–water partition coefficient (Wildman–Crippen LogP) is 1.80. The van der Waals surface area contributed by atoms with Crippen molar-refractivity contribution in [2.75, 3.05) is 6.61 Å². The van der Waals surface area contributed by atoms with E-state index in [2.05, 4.69) is 9.97 Å². The molecule has 0 saturated carbocycles. The van der Waals surface area contributed by atoms with Crippen molar-refractivity contribution >= 4 is 0 Å². The molecule has 0 fully saturated rings. The summed E-state index contributed by atoms with van der Waals surface area (Å²) in [6, 6.07) is 7.97. The van der Waals surface area contributed by atoms with Gasteiger partial charge in [-0.25, -0.2) is 9.97 Å². The van der Waals surface area contributed by atoms with Crippen LogP contribution in [0.1, 0.15) is 28.6 Å². The molecule has 2 heterocycles. The van der Waals surface area contributed by atoms with Gasteiger partial charge in [-0.1, -0.05) is 18.2 Å². The van der Waals surface area contributed by atoms with E-state index in [-0.39, 0.29) is 12.5 Å². The molecule has 1 aromatic carbocycles. The number of ether oxygens (including phenoxy) is 1. The van der Waals surface area contributed by atoms with Gasteiger partial charge in [0.1, 0.15) is 18.2 Å². The average Bonchev–Trinajstić information content (AvgIpc) is 2.82. The van der Waals surface area contributed by atoms with Gasteiger partial charge >= 0.3 is 0 Å². The lowest BCUT2D eigenvalue weighted by Gasteiger charge is -2.09. The van der Waals surface area contributed by atoms with Crippen LogP contribution in [-0.4, -0.2) is 21.7 Å². The standard InChI is InChI=1S/C14H14N2O2/c1-9-10(7-17)6-15-14(16-9)12-8-18-13-5-3-2-4-11(12)13/h2-6,12,17H,7-8H2,1H3. The number of nitrogens with zero attached hydrogens (tertiary/aromatic N) is 2. The van der Waals surface area contributed by atoms with E-state index in [1.165, 1.54) is 0 Å². The fraction of sp³-hybridized carbons (Fsp3) is 0.286. The van der Waals surface area contributed by atoms with Crippen LogP contribution in [0.2, 0.25) is 0 Å². The highest BCUT2D eigenvalue weighted by Crippen LogP contribution is 2.36. The van der Waals surface area contributed by atoms with Crippen molar-refractivity contribution in [1.29, 1.82) is 0 Å². The number of aromatic nitrogens is 2. The van der Waals surface area contributed by atoms with Crippen molar-refractivity contribution < 1.29 is 9.84 Å². The minimum Gasteiger partial charge on any atom is -0.492 e. The molecule has 0 amide bonds. The smallest absolute Gasteiger partial charge is 0.139 e. The molecule has 1 aromatic heterocycles. The summed E-state index contributed by atoms with van der Waals surface area (Å²) in [4.78, 5) is 8.81. The van der Waals surface area contributed by atoms with Crippen molar-refractivity contribution in [1.82, 2.24) is 9.97 Å². The zero-order valence-electron chi connectivity index (χ0n) is 10.1. The first-order valence-corrected chi connectivity index (χ1v) is 5.94. The highest BCUT2D eigenvalue weighted by molar-refractivity contribution is 5.42. The maximum absolute atomic E-state index is 9.13. The molecule has 1 N–H and O–H groups in total. The predicted molar refractivity (Wildman–Crippen MR) is 66.5 cm³/mol. The summed E-state index contributed by atoms with van der Waals surface area (Å²) in [6.45, 7) is 2.44. The molecule has 18 heavy (non-hydrogen) atoms. The van der Waals surface area contributed by atoms with E-state index in [0.29, 0.717) is 6.61 Å². The Kier molecular flexibility index (Phi) is 2.72. The number of benzene rings is 1. The van der Waals surface area contributed by atoms with E-state index in [1.807, 2.05) is 31.2 Å². The first-order chi connectivity index (χ1) is 8.79. The van der Waals surface area contributed by atoms with Crippen LogP contribution in [0.3, 0.4) is 0 Å². The van der Waals surface area contributed by atoms with Crippen LogP contribution in [0.5, 0.6) is 5.75 Å². The molecule has 4 heteroatoms. The molecule has 1 aliphatic rings. The van der Waals surface area contributed by atoms with Gasteiger partial charge in [-0.05, 0) is 13.0 Å². The topological polar surface area (TPSA) is 55.2 Å². The largest absolute Gasteiger partial charge is 0.492 e. The Hall–Kier alpha value is -1.94. The molecule has 2 aromatic rings. The Labute approximate surface area is 105 Å². The number of aryl methyl sites for hydroxylation is 1. The van der Waals surface area contributed by atoms with Crippen LogP contribution < -0.4 is 4.74 Å². The normalized spacial score (nSPS) is 17.3.